The highest BCUT2D eigenvalue weighted by molar-refractivity contribution is 6.47. The van der Waals surface area contributed by atoms with Crippen LogP contribution in [0.4, 0.5) is 0 Å². The molecule has 0 saturated carbocycles. The zero-order valence-electron chi connectivity index (χ0n) is 13.0. The number of hydrogen-bond donors (Lipinski definition) is 0. The minimum absolute atomic E-state index is 0.575. The molecule has 0 bridgehead atoms. The van der Waals surface area contributed by atoms with E-state index in [2.05, 4.69) is 0 Å². The van der Waals surface area contributed by atoms with Crippen molar-refractivity contribution in [1.29, 1.82) is 0 Å². The summed E-state index contributed by atoms with van der Waals surface area (Å²) in [6, 6.07) is 9.33. The number of ketones is 4. The molecule has 2 aliphatic carbocycles. The molecule has 0 radical (unpaired) electrons. The van der Waals surface area contributed by atoms with E-state index in [1.807, 2.05) is 37.3 Å². The van der Waals surface area contributed by atoms with Crippen LogP contribution in [-0.4, -0.2) is 23.1 Å². The summed E-state index contributed by atoms with van der Waals surface area (Å²) in [7, 11) is 0. The fraction of sp³-hybridized carbons (Fsp3) is 0.100. The molecule has 0 aromatic heterocycles. The van der Waals surface area contributed by atoms with Crippen molar-refractivity contribution in [3.05, 3.63) is 83.5 Å². The van der Waals surface area contributed by atoms with Crippen molar-refractivity contribution in [2.75, 3.05) is 0 Å². The van der Waals surface area contributed by atoms with Gasteiger partial charge in [-0.3, -0.25) is 19.2 Å². The number of hydrogen-bond acceptors (Lipinski definition) is 4. The highest BCUT2D eigenvalue weighted by atomic mass is 16.2. The maximum absolute atomic E-state index is 11.8. The van der Waals surface area contributed by atoms with Crippen LogP contribution < -0.4 is 0 Å². The largest absolute Gasteiger partial charge is 0.286 e. The summed E-state index contributed by atoms with van der Waals surface area (Å²) < 4.78 is 0. The normalized spacial score (nSPS) is 17.9. The van der Waals surface area contributed by atoms with Crippen molar-refractivity contribution < 1.29 is 19.2 Å². The molecule has 24 heavy (non-hydrogen) atoms. The first kappa shape index (κ1) is 15.7. The summed E-state index contributed by atoms with van der Waals surface area (Å²) in [5, 5.41) is 0. The first-order valence-electron chi connectivity index (χ1n) is 7.45. The summed E-state index contributed by atoms with van der Waals surface area (Å²) in [5.74, 6) is -2.35. The lowest BCUT2D eigenvalue weighted by atomic mass is 9.67. The van der Waals surface area contributed by atoms with Gasteiger partial charge in [0.1, 0.15) is 0 Å². The Morgan fingerprint density at radius 2 is 1.08 bits per heavy atom. The molecule has 118 valence electrons. The minimum atomic E-state index is -0.832. The average Bonchev–Trinajstić information content (AvgIpc) is 2.60. The van der Waals surface area contributed by atoms with Crippen molar-refractivity contribution in [2.45, 2.75) is 12.3 Å². The Labute approximate surface area is 138 Å². The van der Waals surface area contributed by atoms with Crippen LogP contribution in [-0.2, 0) is 24.6 Å². The fourth-order valence-electron chi connectivity index (χ4n) is 2.91. The molecular weight excluding hydrogens is 304 g/mol. The summed E-state index contributed by atoms with van der Waals surface area (Å²) in [6.45, 7) is 1.86. The fourth-order valence-corrected chi connectivity index (χ4v) is 2.91. The molecule has 4 nitrogen and oxygen atoms in total. The lowest BCUT2D eigenvalue weighted by Gasteiger charge is -2.34. The number of carbonyl (C=O) groups excluding carboxylic acids is 4. The summed E-state index contributed by atoms with van der Waals surface area (Å²) in [6.07, 6.45) is 8.24. The van der Waals surface area contributed by atoms with Crippen LogP contribution in [0.3, 0.4) is 0 Å². The molecule has 0 unspecified atom stereocenters. The maximum Gasteiger partial charge on any atom is 0.226 e. The molecule has 0 aliphatic heterocycles. The Balaban J connectivity index is 2.20. The molecule has 0 amide bonds. The van der Waals surface area contributed by atoms with E-state index in [-0.39, 0.29) is 0 Å². The van der Waals surface area contributed by atoms with Gasteiger partial charge in [-0.05, 0) is 47.9 Å². The first-order valence-corrected chi connectivity index (χ1v) is 7.45. The first-order chi connectivity index (χ1) is 11.4. The molecule has 0 spiro atoms. The maximum atomic E-state index is 11.8. The Morgan fingerprint density at radius 1 is 0.625 bits per heavy atom. The molecule has 0 heterocycles. The predicted octanol–water partition coefficient (Wildman–Crippen LogP) is 2.21. The minimum Gasteiger partial charge on any atom is -0.286 e. The molecule has 2 aliphatic rings. The summed E-state index contributed by atoms with van der Waals surface area (Å²) in [4.78, 5) is 46.6. The van der Waals surface area contributed by atoms with Gasteiger partial charge >= 0.3 is 0 Å². The van der Waals surface area contributed by atoms with Crippen molar-refractivity contribution in [1.82, 2.24) is 0 Å². The molecule has 3 rings (SSSR count). The molecule has 0 N–H and O–H groups in total. The van der Waals surface area contributed by atoms with Crippen LogP contribution >= 0.6 is 0 Å². The van der Waals surface area contributed by atoms with E-state index in [0.717, 1.165) is 5.56 Å². The third-order valence-corrected chi connectivity index (χ3v) is 4.39. The van der Waals surface area contributed by atoms with E-state index in [1.54, 1.807) is 12.2 Å². The van der Waals surface area contributed by atoms with Crippen LogP contribution in [0, 0.1) is 0 Å². The zero-order chi connectivity index (χ0) is 17.3. The smallest absolute Gasteiger partial charge is 0.226 e. The van der Waals surface area contributed by atoms with E-state index < -0.39 is 28.5 Å². The van der Waals surface area contributed by atoms with Gasteiger partial charge in [0.05, 0.1) is 0 Å². The molecule has 1 aromatic rings. The molecule has 0 atom stereocenters. The Hall–Kier alpha value is -3.14. The van der Waals surface area contributed by atoms with Gasteiger partial charge in [0.25, 0.3) is 0 Å². The van der Waals surface area contributed by atoms with E-state index in [0.29, 0.717) is 11.1 Å². The number of rotatable bonds is 3. The Morgan fingerprint density at radius 3 is 1.50 bits per heavy atom. The molecule has 1 aromatic carbocycles. The van der Waals surface area contributed by atoms with Gasteiger partial charge in [0, 0.05) is 5.41 Å². The third kappa shape index (κ3) is 2.52. The van der Waals surface area contributed by atoms with Crippen LogP contribution in [0.5, 0.6) is 0 Å². The van der Waals surface area contributed by atoms with E-state index in [1.165, 1.54) is 24.3 Å². The van der Waals surface area contributed by atoms with Gasteiger partial charge in [0.15, 0.2) is 0 Å². The molecule has 4 heteroatoms. The quantitative estimate of drug-likeness (QED) is 0.633. The number of allylic oxidation sites excluding steroid dienone is 8. The van der Waals surface area contributed by atoms with Gasteiger partial charge < -0.3 is 0 Å². The summed E-state index contributed by atoms with van der Waals surface area (Å²) in [5.41, 5.74) is 1.20. The molecule has 0 fully saturated rings. The van der Waals surface area contributed by atoms with Gasteiger partial charge in [-0.1, -0.05) is 42.5 Å². The monoisotopic (exact) mass is 318 g/mol. The summed E-state index contributed by atoms with van der Waals surface area (Å²) >= 11 is 0. The highest BCUT2D eigenvalue weighted by Gasteiger charge is 2.37. The van der Waals surface area contributed by atoms with E-state index in [9.17, 15) is 19.2 Å². The second-order valence-corrected chi connectivity index (χ2v) is 5.81. The van der Waals surface area contributed by atoms with Gasteiger partial charge in [-0.25, -0.2) is 0 Å². The highest BCUT2D eigenvalue weighted by Crippen LogP contribution is 2.41. The van der Waals surface area contributed by atoms with E-state index in [4.69, 9.17) is 0 Å². The zero-order valence-corrected chi connectivity index (χ0v) is 13.0. The molecular formula is C20H14O4. The predicted molar refractivity (Wildman–Crippen MR) is 88.3 cm³/mol. The topological polar surface area (TPSA) is 68.3 Å². The van der Waals surface area contributed by atoms with Crippen molar-refractivity contribution in [3.8, 4) is 0 Å². The third-order valence-electron chi connectivity index (χ3n) is 4.39. The SMILES string of the molecule is CC(C1=CC(=O)C(=O)C=C1)(C1=CC(=O)C(=O)C=C1)c1ccccc1. The van der Waals surface area contributed by atoms with Crippen LogP contribution in [0.25, 0.3) is 0 Å². The number of benzene rings is 1. The Bertz CT molecular complexity index is 827. The van der Waals surface area contributed by atoms with Crippen molar-refractivity contribution in [2.24, 2.45) is 0 Å². The lowest BCUT2D eigenvalue weighted by molar-refractivity contribution is -0.131. The van der Waals surface area contributed by atoms with Crippen LogP contribution in [0.2, 0.25) is 0 Å². The standard InChI is InChI=1S/C20H14O4/c1-20(13-5-3-2-4-6-13,14-7-9-16(21)18(23)11-14)15-8-10-17(22)19(24)12-15/h2-12H,1H3. The number of carbonyl (C=O) groups is 4. The second-order valence-electron chi connectivity index (χ2n) is 5.81. The van der Waals surface area contributed by atoms with Gasteiger partial charge in [-0.15, -0.1) is 0 Å². The average molecular weight is 318 g/mol. The van der Waals surface area contributed by atoms with Crippen LogP contribution in [0.15, 0.2) is 77.9 Å². The van der Waals surface area contributed by atoms with Crippen molar-refractivity contribution in [3.63, 3.8) is 0 Å². The van der Waals surface area contributed by atoms with Crippen molar-refractivity contribution >= 4 is 23.1 Å². The second kappa shape index (κ2) is 5.81. The van der Waals surface area contributed by atoms with Crippen LogP contribution in [0.1, 0.15) is 12.5 Å². The van der Waals surface area contributed by atoms with Gasteiger partial charge in [0.2, 0.25) is 23.1 Å². The molecule has 0 saturated heterocycles. The van der Waals surface area contributed by atoms with Gasteiger partial charge in [-0.2, -0.15) is 0 Å². The van der Waals surface area contributed by atoms with E-state index >= 15 is 0 Å². The Kier molecular flexibility index (Phi) is 3.81. The lowest BCUT2D eigenvalue weighted by Crippen LogP contribution is -2.31.